The second-order valence-electron chi connectivity index (χ2n) is 5.10. The first-order valence-electron chi connectivity index (χ1n) is 6.90. The number of hydrogen-bond acceptors (Lipinski definition) is 4. The second-order valence-corrected chi connectivity index (χ2v) is 6.93. The van der Waals surface area contributed by atoms with Gasteiger partial charge in [0.05, 0.1) is 5.56 Å². The quantitative estimate of drug-likeness (QED) is 0.854. The minimum absolute atomic E-state index is 0.0554. The largest absolute Gasteiger partial charge is 0.314 e. The number of para-hydroxylation sites is 1. The van der Waals surface area contributed by atoms with Crippen molar-refractivity contribution in [3.8, 4) is 0 Å². The monoisotopic (exact) mass is 330 g/mol. The number of amides is 2. The van der Waals surface area contributed by atoms with Gasteiger partial charge in [-0.25, -0.2) is 12.7 Å². The van der Waals surface area contributed by atoms with Gasteiger partial charge in [0.25, 0.3) is 15.9 Å². The van der Waals surface area contributed by atoms with Gasteiger partial charge in [-0.15, -0.1) is 0 Å². The van der Waals surface area contributed by atoms with E-state index in [1.165, 1.54) is 24.1 Å². The summed E-state index contributed by atoms with van der Waals surface area (Å²) in [6.07, 6.45) is 0. The van der Waals surface area contributed by atoms with Crippen molar-refractivity contribution in [2.24, 2.45) is 0 Å². The molecule has 2 amide bonds. The molecule has 118 valence electrons. The molecule has 0 bridgehead atoms. The van der Waals surface area contributed by atoms with E-state index < -0.39 is 28.4 Å². The van der Waals surface area contributed by atoms with Crippen molar-refractivity contribution in [1.29, 1.82) is 0 Å². The minimum atomic E-state index is -3.97. The van der Waals surface area contributed by atoms with Gasteiger partial charge in [0.2, 0.25) is 5.91 Å². The van der Waals surface area contributed by atoms with E-state index in [-0.39, 0.29) is 10.5 Å². The molecule has 0 spiro atoms. The molecule has 0 saturated heterocycles. The van der Waals surface area contributed by atoms with Gasteiger partial charge in [-0.05, 0) is 24.3 Å². The first-order valence-corrected chi connectivity index (χ1v) is 8.34. The van der Waals surface area contributed by atoms with E-state index in [0.29, 0.717) is 9.99 Å². The maximum absolute atomic E-state index is 12.4. The maximum Gasteiger partial charge on any atom is 0.269 e. The highest BCUT2D eigenvalue weighted by atomic mass is 32.2. The third-order valence-corrected chi connectivity index (χ3v) is 5.50. The van der Waals surface area contributed by atoms with Crippen molar-refractivity contribution in [2.75, 3.05) is 18.5 Å². The Labute approximate surface area is 134 Å². The molecule has 0 fully saturated rings. The standard InChI is InChI=1S/C16H14N2O4S/c1-17(12-7-3-2-4-8-12)15(19)11-18-16(20)13-9-5-6-10-14(13)23(18,21)22/h2-10H,11H2,1H3. The Hall–Kier alpha value is -2.67. The van der Waals surface area contributed by atoms with Gasteiger partial charge in [0.1, 0.15) is 11.4 Å². The fraction of sp³-hybridized carbons (Fsp3) is 0.125. The molecule has 0 aromatic heterocycles. The van der Waals surface area contributed by atoms with Crippen molar-refractivity contribution in [3.05, 3.63) is 60.2 Å². The lowest BCUT2D eigenvalue weighted by atomic mass is 10.2. The molecule has 3 rings (SSSR count). The molecule has 0 saturated carbocycles. The summed E-state index contributed by atoms with van der Waals surface area (Å²) in [5.41, 5.74) is 0.724. The third kappa shape index (κ3) is 2.49. The van der Waals surface area contributed by atoms with Crippen LogP contribution in [0.3, 0.4) is 0 Å². The lowest BCUT2D eigenvalue weighted by Crippen LogP contribution is -2.41. The van der Waals surface area contributed by atoms with Gasteiger partial charge >= 0.3 is 0 Å². The molecule has 2 aromatic rings. The van der Waals surface area contributed by atoms with Crippen molar-refractivity contribution in [3.63, 3.8) is 0 Å². The van der Waals surface area contributed by atoms with Gasteiger partial charge in [-0.3, -0.25) is 9.59 Å². The van der Waals surface area contributed by atoms with Crippen molar-refractivity contribution in [1.82, 2.24) is 4.31 Å². The van der Waals surface area contributed by atoms with Crippen LogP contribution in [0.4, 0.5) is 5.69 Å². The van der Waals surface area contributed by atoms with Crippen LogP contribution in [0.15, 0.2) is 59.5 Å². The molecule has 2 aromatic carbocycles. The van der Waals surface area contributed by atoms with Gasteiger partial charge < -0.3 is 4.90 Å². The lowest BCUT2D eigenvalue weighted by Gasteiger charge is -2.21. The summed E-state index contributed by atoms with van der Waals surface area (Å²) < 4.78 is 25.5. The van der Waals surface area contributed by atoms with Gasteiger partial charge in [-0.2, -0.15) is 0 Å². The molecule has 1 aliphatic heterocycles. The number of benzene rings is 2. The molecule has 0 N–H and O–H groups in total. The van der Waals surface area contributed by atoms with Gasteiger partial charge in [0, 0.05) is 12.7 Å². The second kappa shape index (κ2) is 5.51. The fourth-order valence-corrected chi connectivity index (χ4v) is 3.93. The van der Waals surface area contributed by atoms with E-state index in [1.807, 2.05) is 6.07 Å². The number of rotatable bonds is 3. The van der Waals surface area contributed by atoms with Crippen LogP contribution in [0.5, 0.6) is 0 Å². The molecule has 0 atom stereocenters. The molecule has 1 heterocycles. The Morgan fingerprint density at radius 3 is 2.30 bits per heavy atom. The zero-order valence-corrected chi connectivity index (χ0v) is 13.2. The number of nitrogens with zero attached hydrogens (tertiary/aromatic N) is 2. The molecule has 23 heavy (non-hydrogen) atoms. The Kier molecular flexibility index (Phi) is 3.65. The molecule has 7 heteroatoms. The fourth-order valence-electron chi connectivity index (χ4n) is 2.41. The van der Waals surface area contributed by atoms with E-state index in [2.05, 4.69) is 0 Å². The van der Waals surface area contributed by atoms with Crippen LogP contribution in [-0.2, 0) is 14.8 Å². The van der Waals surface area contributed by atoms with Crippen molar-refractivity contribution >= 4 is 27.5 Å². The number of fused-ring (bicyclic) bond motifs is 1. The van der Waals surface area contributed by atoms with Crippen LogP contribution in [0, 0.1) is 0 Å². The first kappa shape index (κ1) is 15.2. The van der Waals surface area contributed by atoms with Crippen LogP contribution in [0.25, 0.3) is 0 Å². The normalized spacial score (nSPS) is 15.3. The smallest absolute Gasteiger partial charge is 0.269 e. The summed E-state index contributed by atoms with van der Waals surface area (Å²) in [6, 6.07) is 14.8. The average Bonchev–Trinajstić information content (AvgIpc) is 2.76. The highest BCUT2D eigenvalue weighted by Crippen LogP contribution is 2.29. The van der Waals surface area contributed by atoms with Crippen molar-refractivity contribution in [2.45, 2.75) is 4.90 Å². The Balaban J connectivity index is 1.87. The van der Waals surface area contributed by atoms with Crippen LogP contribution in [0.1, 0.15) is 10.4 Å². The summed E-state index contributed by atoms with van der Waals surface area (Å²) in [5.74, 6) is -1.16. The van der Waals surface area contributed by atoms with Crippen LogP contribution in [-0.4, -0.2) is 38.1 Å². The first-order chi connectivity index (χ1) is 10.9. The van der Waals surface area contributed by atoms with E-state index >= 15 is 0 Å². The van der Waals surface area contributed by atoms with Crippen molar-refractivity contribution < 1.29 is 18.0 Å². The summed E-state index contributed by atoms with van der Waals surface area (Å²) in [7, 11) is -2.43. The minimum Gasteiger partial charge on any atom is -0.314 e. The predicted molar refractivity (Wildman–Crippen MR) is 84.5 cm³/mol. The zero-order chi connectivity index (χ0) is 16.6. The zero-order valence-electron chi connectivity index (χ0n) is 12.3. The van der Waals surface area contributed by atoms with Gasteiger partial charge in [0.15, 0.2) is 0 Å². The summed E-state index contributed by atoms with van der Waals surface area (Å²) in [4.78, 5) is 25.9. The molecule has 0 radical (unpaired) electrons. The van der Waals surface area contributed by atoms with E-state index in [4.69, 9.17) is 0 Å². The van der Waals surface area contributed by atoms with Crippen LogP contribution >= 0.6 is 0 Å². The number of carbonyl (C=O) groups is 2. The van der Waals surface area contributed by atoms with E-state index in [9.17, 15) is 18.0 Å². The summed E-state index contributed by atoms with van der Waals surface area (Å²) in [6.45, 7) is -0.527. The number of anilines is 1. The van der Waals surface area contributed by atoms with Crippen LogP contribution in [0.2, 0.25) is 0 Å². The Morgan fingerprint density at radius 1 is 1.04 bits per heavy atom. The number of hydrogen-bond donors (Lipinski definition) is 0. The summed E-state index contributed by atoms with van der Waals surface area (Å²) in [5, 5.41) is 0. The van der Waals surface area contributed by atoms with E-state index in [0.717, 1.165) is 0 Å². The summed E-state index contributed by atoms with van der Waals surface area (Å²) >= 11 is 0. The molecule has 0 unspecified atom stereocenters. The third-order valence-electron chi connectivity index (χ3n) is 3.71. The number of likely N-dealkylation sites (N-methyl/N-ethyl adjacent to an activating group) is 1. The molecular weight excluding hydrogens is 316 g/mol. The molecule has 1 aliphatic rings. The molecular formula is C16H14N2O4S. The highest BCUT2D eigenvalue weighted by molar-refractivity contribution is 7.90. The van der Waals surface area contributed by atoms with Crippen LogP contribution < -0.4 is 4.90 Å². The maximum atomic E-state index is 12.4. The number of carbonyl (C=O) groups excluding carboxylic acids is 2. The number of sulfonamides is 1. The molecule has 0 aliphatic carbocycles. The average molecular weight is 330 g/mol. The topological polar surface area (TPSA) is 74.8 Å². The SMILES string of the molecule is CN(C(=O)CN1C(=O)c2ccccc2S1(=O)=O)c1ccccc1. The Morgan fingerprint density at radius 2 is 1.65 bits per heavy atom. The Bertz CT molecular complexity index is 878. The highest BCUT2D eigenvalue weighted by Gasteiger charge is 2.42. The van der Waals surface area contributed by atoms with Gasteiger partial charge in [-0.1, -0.05) is 30.3 Å². The lowest BCUT2D eigenvalue weighted by molar-refractivity contribution is -0.118. The molecule has 6 nitrogen and oxygen atoms in total. The van der Waals surface area contributed by atoms with E-state index in [1.54, 1.807) is 36.4 Å². The predicted octanol–water partition coefficient (Wildman–Crippen LogP) is 1.49.